The van der Waals surface area contributed by atoms with Gasteiger partial charge < -0.3 is 20.7 Å². The molecule has 13 heteroatoms. The Hall–Kier alpha value is -4.32. The fourth-order valence-electron chi connectivity index (χ4n) is 4.68. The normalized spacial score (nSPS) is 14.5. The van der Waals surface area contributed by atoms with Crippen LogP contribution >= 0.6 is 23.2 Å². The Labute approximate surface area is 251 Å². The van der Waals surface area contributed by atoms with Crippen molar-refractivity contribution >= 4 is 40.7 Å². The first-order chi connectivity index (χ1) is 20.3. The number of anilines is 1. The Morgan fingerprint density at radius 1 is 1.07 bits per heavy atom. The fourth-order valence-corrected chi connectivity index (χ4v) is 5.28. The topological polar surface area (TPSA) is 140 Å². The van der Waals surface area contributed by atoms with Crippen LogP contribution in [0.4, 0.5) is 5.69 Å². The summed E-state index contributed by atoms with van der Waals surface area (Å²) >= 11 is 13.6. The minimum atomic E-state index is -0.712. The number of halogens is 2. The lowest BCUT2D eigenvalue weighted by Gasteiger charge is -2.16. The molecule has 4 aromatic rings. The van der Waals surface area contributed by atoms with Crippen molar-refractivity contribution in [1.29, 1.82) is 0 Å². The number of amides is 2. The van der Waals surface area contributed by atoms with Gasteiger partial charge in [0.15, 0.2) is 5.69 Å². The molecule has 0 spiro atoms. The van der Waals surface area contributed by atoms with E-state index in [0.29, 0.717) is 52.8 Å². The zero-order chi connectivity index (χ0) is 29.8. The summed E-state index contributed by atoms with van der Waals surface area (Å²) in [6, 6.07) is 14.5. The van der Waals surface area contributed by atoms with Crippen LogP contribution in [0.5, 0.6) is 5.88 Å². The Kier molecular flexibility index (Phi) is 8.81. The van der Waals surface area contributed by atoms with Crippen molar-refractivity contribution in [3.63, 3.8) is 0 Å². The predicted molar refractivity (Wildman–Crippen MR) is 160 cm³/mol. The third-order valence-electron chi connectivity index (χ3n) is 6.86. The minimum Gasteiger partial charge on any atom is -0.481 e. The number of benzene rings is 2. The fraction of sp³-hybridized carbons (Fsp3) is 0.241. The second kappa shape index (κ2) is 12.7. The zero-order valence-electron chi connectivity index (χ0n) is 22.8. The van der Waals surface area contributed by atoms with Crippen LogP contribution in [0.15, 0.2) is 59.7 Å². The first-order valence-corrected chi connectivity index (χ1v) is 13.8. The molecule has 1 aliphatic rings. The van der Waals surface area contributed by atoms with Crippen LogP contribution in [0.1, 0.15) is 28.9 Å². The lowest BCUT2D eigenvalue weighted by Crippen LogP contribution is -2.35. The van der Waals surface area contributed by atoms with Gasteiger partial charge in [0.2, 0.25) is 11.8 Å². The molecule has 0 aliphatic carbocycles. The van der Waals surface area contributed by atoms with Gasteiger partial charge in [-0.15, -0.1) is 0 Å². The second-order valence-electron chi connectivity index (χ2n) is 9.62. The van der Waals surface area contributed by atoms with Gasteiger partial charge >= 0.3 is 0 Å². The van der Waals surface area contributed by atoms with E-state index in [2.05, 4.69) is 26.0 Å². The van der Waals surface area contributed by atoms with Gasteiger partial charge in [-0.3, -0.25) is 14.4 Å². The van der Waals surface area contributed by atoms with Crippen LogP contribution in [-0.4, -0.2) is 51.3 Å². The van der Waals surface area contributed by atoms with Crippen LogP contribution in [0.3, 0.4) is 0 Å². The van der Waals surface area contributed by atoms with E-state index in [1.54, 1.807) is 25.3 Å². The lowest BCUT2D eigenvalue weighted by molar-refractivity contribution is -0.119. The lowest BCUT2D eigenvalue weighted by atomic mass is 10.00. The summed E-state index contributed by atoms with van der Waals surface area (Å²) in [5.74, 6) is -0.178. The average molecular weight is 608 g/mol. The number of aromatic nitrogens is 4. The van der Waals surface area contributed by atoms with E-state index in [9.17, 15) is 14.4 Å². The van der Waals surface area contributed by atoms with Crippen molar-refractivity contribution in [2.75, 3.05) is 19.0 Å². The maximum Gasteiger partial charge on any atom is 0.298 e. The summed E-state index contributed by atoms with van der Waals surface area (Å²) < 4.78 is 6.59. The van der Waals surface area contributed by atoms with Crippen molar-refractivity contribution in [3.8, 4) is 28.3 Å². The standard InChI is InChI=1S/C29H27Cl2N7O4/c1-38-29(41)26(33-15-34-38)27(40)36-22-8-4-6-19(25(22)31)18-5-3-7-20(24(18)30)21-11-9-16(28(37-21)42-2)13-32-14-17-10-12-23(39)35-17/h3-9,11,15,17,32H,10,12-14H2,1-2H3,(H,35,39)(H,36,40). The summed E-state index contributed by atoms with van der Waals surface area (Å²) in [5, 5.41) is 13.3. The summed E-state index contributed by atoms with van der Waals surface area (Å²) in [7, 11) is 2.99. The highest BCUT2D eigenvalue weighted by Crippen LogP contribution is 2.41. The van der Waals surface area contributed by atoms with Gasteiger partial charge in [-0.1, -0.05) is 59.6 Å². The highest BCUT2D eigenvalue weighted by atomic mass is 35.5. The third-order valence-corrected chi connectivity index (χ3v) is 7.67. The molecule has 1 saturated heterocycles. The molecule has 0 bridgehead atoms. The monoisotopic (exact) mass is 607 g/mol. The zero-order valence-corrected chi connectivity index (χ0v) is 24.3. The van der Waals surface area contributed by atoms with Gasteiger partial charge in [0.25, 0.3) is 11.5 Å². The maximum atomic E-state index is 12.8. The van der Waals surface area contributed by atoms with Gasteiger partial charge in [0.1, 0.15) is 6.33 Å². The van der Waals surface area contributed by atoms with E-state index in [1.165, 1.54) is 7.05 Å². The number of nitrogens with zero attached hydrogens (tertiary/aromatic N) is 4. The summed E-state index contributed by atoms with van der Waals surface area (Å²) in [5.41, 5.74) is 2.67. The Morgan fingerprint density at radius 2 is 1.81 bits per heavy atom. The predicted octanol–water partition coefficient (Wildman–Crippen LogP) is 3.84. The van der Waals surface area contributed by atoms with E-state index < -0.39 is 11.5 Å². The third kappa shape index (κ3) is 6.13. The van der Waals surface area contributed by atoms with E-state index >= 15 is 0 Å². The number of pyridine rings is 1. The number of rotatable bonds is 9. The summed E-state index contributed by atoms with van der Waals surface area (Å²) in [6.07, 6.45) is 2.50. The molecule has 1 fully saturated rings. The van der Waals surface area contributed by atoms with E-state index in [0.717, 1.165) is 23.0 Å². The highest BCUT2D eigenvalue weighted by molar-refractivity contribution is 6.39. The molecule has 1 unspecified atom stereocenters. The number of hydrogen-bond donors (Lipinski definition) is 3. The summed E-state index contributed by atoms with van der Waals surface area (Å²) in [4.78, 5) is 45.0. The number of nitrogens with one attached hydrogen (secondary N) is 3. The largest absolute Gasteiger partial charge is 0.481 e. The van der Waals surface area contributed by atoms with E-state index in [1.807, 2.05) is 30.3 Å². The molecule has 2 aromatic carbocycles. The van der Waals surface area contributed by atoms with Gasteiger partial charge in [-0.05, 0) is 18.6 Å². The van der Waals surface area contributed by atoms with Crippen molar-refractivity contribution in [3.05, 3.63) is 86.5 Å². The van der Waals surface area contributed by atoms with Crippen molar-refractivity contribution in [1.82, 2.24) is 30.4 Å². The molecule has 216 valence electrons. The van der Waals surface area contributed by atoms with Crippen molar-refractivity contribution < 1.29 is 14.3 Å². The quantitative estimate of drug-likeness (QED) is 0.261. The molecule has 3 heterocycles. The minimum absolute atomic E-state index is 0.0802. The molecule has 1 aliphatic heterocycles. The van der Waals surface area contributed by atoms with Crippen molar-refractivity contribution in [2.45, 2.75) is 25.4 Å². The number of aryl methyl sites for hydroxylation is 1. The van der Waals surface area contributed by atoms with Crippen LogP contribution < -0.4 is 26.2 Å². The van der Waals surface area contributed by atoms with Crippen LogP contribution in [0.25, 0.3) is 22.4 Å². The smallest absolute Gasteiger partial charge is 0.298 e. The highest BCUT2D eigenvalue weighted by Gasteiger charge is 2.21. The molecular weight excluding hydrogens is 581 g/mol. The molecule has 2 aromatic heterocycles. The molecule has 5 rings (SSSR count). The first kappa shape index (κ1) is 29.2. The summed E-state index contributed by atoms with van der Waals surface area (Å²) in [6.45, 7) is 1.17. The maximum absolute atomic E-state index is 12.8. The molecule has 3 N–H and O–H groups in total. The van der Waals surface area contributed by atoms with E-state index in [4.69, 9.17) is 32.9 Å². The van der Waals surface area contributed by atoms with Gasteiger partial charge in [0, 0.05) is 54.9 Å². The van der Waals surface area contributed by atoms with Gasteiger partial charge in [0.05, 0.1) is 28.5 Å². The van der Waals surface area contributed by atoms with Crippen LogP contribution in [0.2, 0.25) is 10.0 Å². The average Bonchev–Trinajstić information content (AvgIpc) is 3.40. The van der Waals surface area contributed by atoms with Gasteiger partial charge in [-0.25, -0.2) is 14.6 Å². The van der Waals surface area contributed by atoms with Crippen molar-refractivity contribution in [2.24, 2.45) is 7.05 Å². The Balaban J connectivity index is 1.38. The molecule has 11 nitrogen and oxygen atoms in total. The SMILES string of the molecule is COc1nc(-c2cccc(-c3cccc(NC(=O)c4ncnn(C)c4=O)c3Cl)c2Cl)ccc1CNCC1CCC(=O)N1. The van der Waals surface area contributed by atoms with Crippen LogP contribution in [0, 0.1) is 0 Å². The Bertz CT molecular complexity index is 1730. The molecule has 0 radical (unpaired) electrons. The Morgan fingerprint density at radius 3 is 2.55 bits per heavy atom. The number of carbonyl (C=O) groups excluding carboxylic acids is 2. The van der Waals surface area contributed by atoms with E-state index in [-0.39, 0.29) is 28.4 Å². The van der Waals surface area contributed by atoms with Crippen LogP contribution in [-0.2, 0) is 18.4 Å². The number of hydrogen-bond acceptors (Lipinski definition) is 8. The first-order valence-electron chi connectivity index (χ1n) is 13.1. The van der Waals surface area contributed by atoms with Gasteiger partial charge in [-0.2, -0.15) is 5.10 Å². The molecule has 1 atom stereocenters. The number of ether oxygens (including phenoxy) is 1. The molecule has 2 amide bonds. The second-order valence-corrected chi connectivity index (χ2v) is 10.4. The molecule has 42 heavy (non-hydrogen) atoms. The number of methoxy groups -OCH3 is 1. The molecular formula is C29H27Cl2N7O4. The number of carbonyl (C=O) groups is 2. The molecule has 0 saturated carbocycles.